The van der Waals surface area contributed by atoms with E-state index in [9.17, 15) is 8.42 Å². The molecule has 0 radical (unpaired) electrons. The highest BCUT2D eigenvalue weighted by Gasteiger charge is 2.20. The molecule has 3 N–H and O–H groups in total. The minimum Gasteiger partial charge on any atom is -0.398 e. The Labute approximate surface area is 119 Å². The molecule has 0 bridgehead atoms. The van der Waals surface area contributed by atoms with Gasteiger partial charge in [-0.25, -0.2) is 13.1 Å². The molecule has 1 aromatic rings. The van der Waals surface area contributed by atoms with Gasteiger partial charge in [-0.1, -0.05) is 31.5 Å². The van der Waals surface area contributed by atoms with Gasteiger partial charge in [0.15, 0.2) is 0 Å². The van der Waals surface area contributed by atoms with E-state index in [2.05, 4.69) is 9.62 Å². The van der Waals surface area contributed by atoms with Crippen LogP contribution in [-0.2, 0) is 10.0 Å². The number of nitrogen functional groups attached to an aromatic ring is 1. The average Bonchev–Trinajstić information content (AvgIpc) is 2.34. The quantitative estimate of drug-likeness (QED) is 0.749. The summed E-state index contributed by atoms with van der Waals surface area (Å²) in [5.41, 5.74) is 5.83. The molecular weight excluding hydrogens is 286 g/mol. The number of rotatable bonds is 7. The van der Waals surface area contributed by atoms with Crippen LogP contribution in [0.3, 0.4) is 0 Å². The molecule has 0 unspecified atom stereocenters. The van der Waals surface area contributed by atoms with Gasteiger partial charge in [0.05, 0.1) is 10.7 Å². The van der Waals surface area contributed by atoms with Gasteiger partial charge < -0.3 is 10.6 Å². The summed E-state index contributed by atoms with van der Waals surface area (Å²) in [5, 5.41) is 0.135. The molecule has 19 heavy (non-hydrogen) atoms. The first-order valence-electron chi connectivity index (χ1n) is 6.18. The number of nitrogens with zero attached hydrogens (tertiary/aromatic N) is 1. The summed E-state index contributed by atoms with van der Waals surface area (Å²) in [7, 11) is -3.67. The maximum Gasteiger partial charge on any atom is 0.244 e. The van der Waals surface area contributed by atoms with Crippen molar-refractivity contribution in [2.24, 2.45) is 0 Å². The largest absolute Gasteiger partial charge is 0.398 e. The van der Waals surface area contributed by atoms with Crippen LogP contribution in [0.1, 0.15) is 13.8 Å². The molecule has 108 valence electrons. The first-order valence-corrected chi connectivity index (χ1v) is 8.04. The standard InChI is InChI=1S/C12H20ClN3O2S/c1-3-16(4-2)9-8-15-19(17,18)12-10(13)6-5-7-11(12)14/h5-7,15H,3-4,8-9,14H2,1-2H3. The molecule has 7 heteroatoms. The SMILES string of the molecule is CCN(CC)CCNS(=O)(=O)c1c(N)cccc1Cl. The van der Waals surface area contributed by atoms with E-state index in [0.717, 1.165) is 13.1 Å². The van der Waals surface area contributed by atoms with E-state index in [1.165, 1.54) is 12.1 Å². The Balaban J connectivity index is 2.77. The number of nitrogens with one attached hydrogen (secondary N) is 1. The predicted molar refractivity (Wildman–Crippen MR) is 78.8 cm³/mol. The Hall–Kier alpha value is -0.820. The number of likely N-dealkylation sites (N-methyl/N-ethyl adjacent to an activating group) is 1. The maximum atomic E-state index is 12.1. The van der Waals surface area contributed by atoms with Crippen LogP contribution in [-0.4, -0.2) is 39.5 Å². The zero-order valence-corrected chi connectivity index (χ0v) is 12.8. The van der Waals surface area contributed by atoms with Crippen molar-refractivity contribution in [3.05, 3.63) is 23.2 Å². The molecule has 0 heterocycles. The van der Waals surface area contributed by atoms with Gasteiger partial charge in [-0.2, -0.15) is 0 Å². The Morgan fingerprint density at radius 2 is 1.95 bits per heavy atom. The number of halogens is 1. The summed E-state index contributed by atoms with van der Waals surface area (Å²) in [6, 6.07) is 4.65. The van der Waals surface area contributed by atoms with Crippen molar-refractivity contribution in [3.63, 3.8) is 0 Å². The first-order chi connectivity index (χ1) is 8.92. The number of hydrogen-bond acceptors (Lipinski definition) is 4. The van der Waals surface area contributed by atoms with E-state index in [0.29, 0.717) is 13.1 Å². The van der Waals surface area contributed by atoms with Crippen molar-refractivity contribution in [3.8, 4) is 0 Å². The van der Waals surface area contributed by atoms with Gasteiger partial charge in [-0.15, -0.1) is 0 Å². The third-order valence-electron chi connectivity index (χ3n) is 2.88. The van der Waals surface area contributed by atoms with Gasteiger partial charge in [-0.05, 0) is 25.2 Å². The molecule has 0 saturated heterocycles. The normalized spacial score (nSPS) is 12.0. The molecule has 0 spiro atoms. The van der Waals surface area contributed by atoms with Crippen molar-refractivity contribution < 1.29 is 8.42 Å². The molecular formula is C12H20ClN3O2S. The van der Waals surface area contributed by atoms with Crippen LogP contribution in [0.2, 0.25) is 5.02 Å². The zero-order chi connectivity index (χ0) is 14.5. The first kappa shape index (κ1) is 16.2. The van der Waals surface area contributed by atoms with Crippen LogP contribution in [0.5, 0.6) is 0 Å². The van der Waals surface area contributed by atoms with E-state index in [1.807, 2.05) is 13.8 Å². The summed E-state index contributed by atoms with van der Waals surface area (Å²) < 4.78 is 26.8. The molecule has 0 aromatic heterocycles. The molecule has 0 amide bonds. The molecule has 5 nitrogen and oxygen atoms in total. The number of nitrogens with two attached hydrogens (primary N) is 1. The van der Waals surface area contributed by atoms with Crippen molar-refractivity contribution in [1.82, 2.24) is 9.62 Å². The fourth-order valence-electron chi connectivity index (χ4n) is 1.76. The van der Waals surface area contributed by atoms with Gasteiger partial charge in [0.25, 0.3) is 0 Å². The highest BCUT2D eigenvalue weighted by Crippen LogP contribution is 2.26. The molecule has 0 atom stereocenters. The number of benzene rings is 1. The van der Waals surface area contributed by atoms with Crippen molar-refractivity contribution >= 4 is 27.3 Å². The van der Waals surface area contributed by atoms with Gasteiger partial charge >= 0.3 is 0 Å². The Kier molecular flexibility index (Phi) is 6.06. The van der Waals surface area contributed by atoms with Crippen molar-refractivity contribution in [1.29, 1.82) is 0 Å². The van der Waals surface area contributed by atoms with E-state index < -0.39 is 10.0 Å². The third-order valence-corrected chi connectivity index (χ3v) is 4.88. The van der Waals surface area contributed by atoms with Crippen LogP contribution in [0.4, 0.5) is 5.69 Å². The van der Waals surface area contributed by atoms with E-state index in [4.69, 9.17) is 17.3 Å². The minimum atomic E-state index is -3.67. The maximum absolute atomic E-state index is 12.1. The molecule has 1 rings (SSSR count). The summed E-state index contributed by atoms with van der Waals surface area (Å²) in [5.74, 6) is 0. The Morgan fingerprint density at radius 1 is 1.32 bits per heavy atom. The van der Waals surface area contributed by atoms with Gasteiger partial charge in [0.2, 0.25) is 10.0 Å². The second kappa shape index (κ2) is 7.09. The van der Waals surface area contributed by atoms with Crippen LogP contribution in [0.15, 0.2) is 23.1 Å². The van der Waals surface area contributed by atoms with Crippen LogP contribution in [0.25, 0.3) is 0 Å². The fourth-order valence-corrected chi connectivity index (χ4v) is 3.45. The number of anilines is 1. The highest BCUT2D eigenvalue weighted by molar-refractivity contribution is 7.89. The van der Waals surface area contributed by atoms with Gasteiger partial charge in [-0.3, -0.25) is 0 Å². The molecule has 0 saturated carbocycles. The number of hydrogen-bond donors (Lipinski definition) is 2. The van der Waals surface area contributed by atoms with E-state index in [-0.39, 0.29) is 15.6 Å². The molecule has 0 aliphatic rings. The van der Waals surface area contributed by atoms with E-state index >= 15 is 0 Å². The molecule has 0 aliphatic carbocycles. The predicted octanol–water partition coefficient (Wildman–Crippen LogP) is 1.54. The van der Waals surface area contributed by atoms with Crippen molar-refractivity contribution in [2.45, 2.75) is 18.7 Å². The summed E-state index contributed by atoms with van der Waals surface area (Å²) in [4.78, 5) is 2.08. The Bertz CT molecular complexity index is 495. The molecule has 0 aliphatic heterocycles. The lowest BCUT2D eigenvalue weighted by atomic mass is 10.3. The summed E-state index contributed by atoms with van der Waals surface area (Å²) >= 11 is 5.90. The zero-order valence-electron chi connectivity index (χ0n) is 11.2. The fraction of sp³-hybridized carbons (Fsp3) is 0.500. The van der Waals surface area contributed by atoms with Crippen LogP contribution < -0.4 is 10.5 Å². The lowest BCUT2D eigenvalue weighted by Crippen LogP contribution is -2.35. The van der Waals surface area contributed by atoms with Crippen LogP contribution >= 0.6 is 11.6 Å². The van der Waals surface area contributed by atoms with Gasteiger partial charge in [0.1, 0.15) is 4.90 Å². The monoisotopic (exact) mass is 305 g/mol. The number of sulfonamides is 1. The summed E-state index contributed by atoms with van der Waals surface area (Å²) in [6.07, 6.45) is 0. The minimum absolute atomic E-state index is 0.0452. The second-order valence-electron chi connectivity index (χ2n) is 4.08. The Morgan fingerprint density at radius 3 is 2.47 bits per heavy atom. The average molecular weight is 306 g/mol. The lowest BCUT2D eigenvalue weighted by Gasteiger charge is -2.18. The smallest absolute Gasteiger partial charge is 0.244 e. The highest BCUT2D eigenvalue weighted by atomic mass is 35.5. The van der Waals surface area contributed by atoms with Crippen LogP contribution in [0, 0.1) is 0 Å². The summed E-state index contributed by atoms with van der Waals surface area (Å²) in [6.45, 7) is 6.80. The topological polar surface area (TPSA) is 75.4 Å². The van der Waals surface area contributed by atoms with E-state index in [1.54, 1.807) is 6.07 Å². The lowest BCUT2D eigenvalue weighted by molar-refractivity contribution is 0.309. The van der Waals surface area contributed by atoms with Gasteiger partial charge in [0, 0.05) is 13.1 Å². The second-order valence-corrected chi connectivity index (χ2v) is 6.19. The third kappa shape index (κ3) is 4.35. The van der Waals surface area contributed by atoms with Crippen molar-refractivity contribution in [2.75, 3.05) is 31.9 Å². The molecule has 0 fully saturated rings. The molecule has 1 aromatic carbocycles.